The van der Waals surface area contributed by atoms with E-state index in [1.807, 2.05) is 6.08 Å². The van der Waals surface area contributed by atoms with Crippen LogP contribution in [-0.2, 0) is 0 Å². The molecule has 3 atom stereocenters. The Hall–Kier alpha value is -0.200. The summed E-state index contributed by atoms with van der Waals surface area (Å²) in [6.07, 6.45) is 5.43. The second-order valence-electron chi connectivity index (χ2n) is 4.60. The predicted molar refractivity (Wildman–Crippen MR) is 74.2 cm³/mol. The maximum absolute atomic E-state index is 5.89. The molecule has 0 N–H and O–H groups in total. The first kappa shape index (κ1) is 13.9. The third kappa shape index (κ3) is 3.15. The number of rotatable bonds is 5. The number of alkyl halides is 2. The lowest BCUT2D eigenvalue weighted by Gasteiger charge is -2.36. The number of allylic oxidation sites excluding steroid dienone is 3. The average molecular weight is 259 g/mol. The summed E-state index contributed by atoms with van der Waals surface area (Å²) in [5.74, 6) is 2.59. The van der Waals surface area contributed by atoms with Gasteiger partial charge in [-0.1, -0.05) is 30.4 Å². The number of hydrogen-bond acceptors (Lipinski definition) is 0. The second-order valence-corrected chi connectivity index (χ2v) is 5.13. The molecular weight excluding hydrogens is 239 g/mol. The molecule has 0 aromatic carbocycles. The Labute approximate surface area is 109 Å². The molecule has 1 fully saturated rings. The normalized spacial score (nSPS) is 29.8. The molecule has 1 rings (SSSR count). The Morgan fingerprint density at radius 1 is 1.12 bits per heavy atom. The summed E-state index contributed by atoms with van der Waals surface area (Å²) in [5, 5.41) is 0. The van der Waals surface area contributed by atoms with Crippen molar-refractivity contribution in [3.8, 4) is 0 Å². The van der Waals surface area contributed by atoms with E-state index in [1.165, 1.54) is 0 Å². The van der Waals surface area contributed by atoms with Crippen molar-refractivity contribution < 1.29 is 0 Å². The van der Waals surface area contributed by atoms with Gasteiger partial charge in [0.1, 0.15) is 0 Å². The standard InChI is InChI=1S/C14H20Cl2/c1-4-12-5-6-13(10(2)8-15)7-14(12)11(3)9-16/h4,12-14H,1-3,5-9H2/t12-,13-,14+/m1/s1. The summed E-state index contributed by atoms with van der Waals surface area (Å²) >= 11 is 11.7. The van der Waals surface area contributed by atoms with Crippen molar-refractivity contribution in [2.45, 2.75) is 19.3 Å². The fourth-order valence-corrected chi connectivity index (χ4v) is 2.94. The molecule has 1 saturated carbocycles. The smallest absolute Gasteiger partial charge is 0.0433 e. The van der Waals surface area contributed by atoms with Crippen LogP contribution in [0.15, 0.2) is 37.0 Å². The van der Waals surface area contributed by atoms with Crippen LogP contribution in [-0.4, -0.2) is 11.8 Å². The first-order chi connectivity index (χ1) is 7.63. The molecule has 0 radical (unpaired) electrons. The largest absolute Gasteiger partial charge is 0.122 e. The minimum Gasteiger partial charge on any atom is -0.122 e. The molecule has 0 aliphatic heterocycles. The van der Waals surface area contributed by atoms with E-state index in [2.05, 4.69) is 19.7 Å². The third-order valence-corrected chi connectivity index (χ3v) is 4.34. The molecule has 0 heterocycles. The Morgan fingerprint density at radius 3 is 2.25 bits per heavy atom. The molecule has 0 unspecified atom stereocenters. The Balaban J connectivity index is 2.72. The maximum Gasteiger partial charge on any atom is 0.0433 e. The fourth-order valence-electron chi connectivity index (χ4n) is 2.52. The van der Waals surface area contributed by atoms with Crippen LogP contribution in [0.1, 0.15) is 19.3 Å². The van der Waals surface area contributed by atoms with E-state index in [-0.39, 0.29) is 0 Å². The summed E-state index contributed by atoms with van der Waals surface area (Å²) in [6, 6.07) is 0. The topological polar surface area (TPSA) is 0 Å². The van der Waals surface area contributed by atoms with E-state index in [1.54, 1.807) is 0 Å². The molecule has 1 aliphatic carbocycles. The van der Waals surface area contributed by atoms with Crippen LogP contribution >= 0.6 is 23.2 Å². The van der Waals surface area contributed by atoms with Crippen molar-refractivity contribution in [2.24, 2.45) is 17.8 Å². The summed E-state index contributed by atoms with van der Waals surface area (Å²) in [6.45, 7) is 12.0. The van der Waals surface area contributed by atoms with Gasteiger partial charge in [0.25, 0.3) is 0 Å². The molecule has 0 aromatic rings. The molecule has 90 valence electrons. The van der Waals surface area contributed by atoms with Gasteiger partial charge < -0.3 is 0 Å². The molecule has 16 heavy (non-hydrogen) atoms. The molecule has 0 bridgehead atoms. The van der Waals surface area contributed by atoms with Gasteiger partial charge in [-0.2, -0.15) is 0 Å². The van der Waals surface area contributed by atoms with Crippen LogP contribution in [0, 0.1) is 17.8 Å². The first-order valence-corrected chi connectivity index (χ1v) is 6.80. The van der Waals surface area contributed by atoms with Gasteiger partial charge in [0.2, 0.25) is 0 Å². The number of halogens is 2. The van der Waals surface area contributed by atoms with E-state index in [0.29, 0.717) is 29.5 Å². The van der Waals surface area contributed by atoms with Crippen molar-refractivity contribution in [3.63, 3.8) is 0 Å². The molecule has 0 saturated heterocycles. The quantitative estimate of drug-likeness (QED) is 0.491. The Bertz CT molecular complexity index is 280. The van der Waals surface area contributed by atoms with E-state index >= 15 is 0 Å². The molecule has 0 aromatic heterocycles. The second kappa shape index (κ2) is 6.51. The lowest BCUT2D eigenvalue weighted by atomic mass is 9.70. The highest BCUT2D eigenvalue weighted by molar-refractivity contribution is 6.19. The Kier molecular flexibility index (Phi) is 5.64. The maximum atomic E-state index is 5.89. The zero-order valence-corrected chi connectivity index (χ0v) is 11.2. The average Bonchev–Trinajstić information content (AvgIpc) is 2.35. The zero-order valence-electron chi connectivity index (χ0n) is 9.72. The SMILES string of the molecule is C=C[C@@H]1CC[C@@H](C(=C)CCl)C[C@H]1C(=C)CCl. The van der Waals surface area contributed by atoms with Crippen LogP contribution in [0.4, 0.5) is 0 Å². The molecule has 0 spiro atoms. The van der Waals surface area contributed by atoms with Crippen LogP contribution in [0.2, 0.25) is 0 Å². The van der Waals surface area contributed by atoms with Gasteiger partial charge in [0, 0.05) is 11.8 Å². The van der Waals surface area contributed by atoms with Gasteiger partial charge >= 0.3 is 0 Å². The van der Waals surface area contributed by atoms with Crippen molar-refractivity contribution in [1.82, 2.24) is 0 Å². The summed E-state index contributed by atoms with van der Waals surface area (Å²) in [7, 11) is 0. The molecule has 1 aliphatic rings. The van der Waals surface area contributed by atoms with Crippen molar-refractivity contribution in [1.29, 1.82) is 0 Å². The summed E-state index contributed by atoms with van der Waals surface area (Å²) in [5.41, 5.74) is 2.27. The zero-order chi connectivity index (χ0) is 12.1. The van der Waals surface area contributed by atoms with Gasteiger partial charge in [-0.05, 0) is 37.0 Å². The van der Waals surface area contributed by atoms with Gasteiger partial charge in [-0.25, -0.2) is 0 Å². The van der Waals surface area contributed by atoms with Crippen LogP contribution in [0.3, 0.4) is 0 Å². The lowest BCUT2D eigenvalue weighted by molar-refractivity contribution is 0.269. The van der Waals surface area contributed by atoms with Crippen molar-refractivity contribution in [2.75, 3.05) is 11.8 Å². The van der Waals surface area contributed by atoms with E-state index in [0.717, 1.165) is 30.4 Å². The molecule has 0 amide bonds. The van der Waals surface area contributed by atoms with Crippen LogP contribution in [0.5, 0.6) is 0 Å². The first-order valence-electron chi connectivity index (χ1n) is 5.73. The minimum absolute atomic E-state index is 0.453. The Morgan fingerprint density at radius 2 is 1.75 bits per heavy atom. The van der Waals surface area contributed by atoms with Gasteiger partial charge in [-0.3, -0.25) is 0 Å². The van der Waals surface area contributed by atoms with Crippen LogP contribution in [0.25, 0.3) is 0 Å². The summed E-state index contributed by atoms with van der Waals surface area (Å²) in [4.78, 5) is 0. The molecular formula is C14H20Cl2. The van der Waals surface area contributed by atoms with Gasteiger partial charge in [-0.15, -0.1) is 29.8 Å². The van der Waals surface area contributed by atoms with Crippen LogP contribution < -0.4 is 0 Å². The van der Waals surface area contributed by atoms with E-state index < -0.39 is 0 Å². The number of hydrogen-bond donors (Lipinski definition) is 0. The minimum atomic E-state index is 0.453. The molecule has 2 heteroatoms. The highest BCUT2D eigenvalue weighted by Crippen LogP contribution is 2.41. The monoisotopic (exact) mass is 258 g/mol. The van der Waals surface area contributed by atoms with Gasteiger partial charge in [0.05, 0.1) is 0 Å². The summed E-state index contributed by atoms with van der Waals surface area (Å²) < 4.78 is 0. The third-order valence-electron chi connectivity index (χ3n) is 3.65. The highest BCUT2D eigenvalue weighted by atomic mass is 35.5. The predicted octanol–water partition coefficient (Wildman–Crippen LogP) is 4.79. The van der Waals surface area contributed by atoms with E-state index in [4.69, 9.17) is 23.2 Å². The van der Waals surface area contributed by atoms with Gasteiger partial charge in [0.15, 0.2) is 0 Å². The van der Waals surface area contributed by atoms with E-state index in [9.17, 15) is 0 Å². The lowest BCUT2D eigenvalue weighted by Crippen LogP contribution is -2.26. The fraction of sp³-hybridized carbons (Fsp3) is 0.571. The van der Waals surface area contributed by atoms with Crippen molar-refractivity contribution >= 4 is 23.2 Å². The molecule has 0 nitrogen and oxygen atoms in total. The highest BCUT2D eigenvalue weighted by Gasteiger charge is 2.30. The van der Waals surface area contributed by atoms with Crippen molar-refractivity contribution in [3.05, 3.63) is 37.0 Å².